The lowest BCUT2D eigenvalue weighted by molar-refractivity contribution is 0.555. The van der Waals surface area contributed by atoms with E-state index < -0.39 is 0 Å². The van der Waals surface area contributed by atoms with Crippen molar-refractivity contribution in [3.63, 3.8) is 0 Å². The van der Waals surface area contributed by atoms with Gasteiger partial charge in [-0.05, 0) is 38.8 Å². The number of aromatic nitrogens is 2. The predicted octanol–water partition coefficient (Wildman–Crippen LogP) is 3.91. The third kappa shape index (κ3) is 9.01. The summed E-state index contributed by atoms with van der Waals surface area (Å²) in [6, 6.07) is 10.9. The smallest absolute Gasteiger partial charge is 0.191 e. The second kappa shape index (κ2) is 13.0. The van der Waals surface area contributed by atoms with Crippen LogP contribution in [-0.2, 0) is 12.3 Å². The molecule has 27 heavy (non-hydrogen) atoms. The molecule has 150 valence electrons. The molecule has 0 aliphatic heterocycles. The van der Waals surface area contributed by atoms with Crippen molar-refractivity contribution in [1.29, 1.82) is 0 Å². The summed E-state index contributed by atoms with van der Waals surface area (Å²) in [7, 11) is 1.82. The summed E-state index contributed by atoms with van der Waals surface area (Å²) in [6.45, 7) is 8.97. The fraction of sp³-hybridized carbons (Fsp3) is 0.500. The van der Waals surface area contributed by atoms with Crippen LogP contribution in [-0.4, -0.2) is 41.6 Å². The highest BCUT2D eigenvalue weighted by Crippen LogP contribution is 2.12. The number of benzene rings is 1. The average molecular weight is 501 g/mol. The van der Waals surface area contributed by atoms with Gasteiger partial charge in [-0.3, -0.25) is 9.67 Å². The summed E-state index contributed by atoms with van der Waals surface area (Å²) in [6.07, 6.45) is 1.02. The summed E-state index contributed by atoms with van der Waals surface area (Å²) < 4.78 is 2.06. The maximum absolute atomic E-state index is 4.49. The van der Waals surface area contributed by atoms with Crippen LogP contribution in [0.25, 0.3) is 0 Å². The molecule has 0 radical (unpaired) electrons. The quantitative estimate of drug-likeness (QED) is 0.237. The van der Waals surface area contributed by atoms with Crippen LogP contribution in [0.3, 0.4) is 0 Å². The number of nitrogens with zero attached hydrogens (tertiary/aromatic N) is 3. The van der Waals surface area contributed by atoms with Crippen LogP contribution in [0.4, 0.5) is 0 Å². The maximum Gasteiger partial charge on any atom is 0.191 e. The molecule has 0 spiro atoms. The largest absolute Gasteiger partial charge is 0.356 e. The Morgan fingerprint density at radius 3 is 2.44 bits per heavy atom. The molecule has 0 saturated carbocycles. The molecule has 0 saturated heterocycles. The molecule has 1 aromatic heterocycles. The van der Waals surface area contributed by atoms with E-state index in [1.54, 1.807) is 0 Å². The Hall–Kier alpha value is -1.22. The molecule has 2 rings (SSSR count). The summed E-state index contributed by atoms with van der Waals surface area (Å²) in [5.74, 6) is 2.98. The van der Waals surface area contributed by atoms with Crippen molar-refractivity contribution in [3.8, 4) is 0 Å². The van der Waals surface area contributed by atoms with E-state index in [1.165, 1.54) is 16.8 Å². The highest BCUT2D eigenvalue weighted by Gasteiger charge is 2.01. The van der Waals surface area contributed by atoms with Gasteiger partial charge in [-0.1, -0.05) is 29.8 Å². The minimum atomic E-state index is 0. The van der Waals surface area contributed by atoms with Gasteiger partial charge in [0.15, 0.2) is 5.96 Å². The standard InChI is InChI=1S/C20H31N5S.HI/c1-16-6-8-19(9-7-16)15-26-13-11-23-20(21-4)22-10-5-12-25-18(3)14-17(2)24-25;/h6-9,14H,5,10-13,15H2,1-4H3,(H2,21,22,23);1H. The number of halogens is 1. The number of aliphatic imine (C=N–C) groups is 1. The first-order valence-electron chi connectivity index (χ1n) is 9.17. The fourth-order valence-corrected chi connectivity index (χ4v) is 3.49. The molecule has 7 heteroatoms. The van der Waals surface area contributed by atoms with Gasteiger partial charge in [-0.25, -0.2) is 0 Å². The predicted molar refractivity (Wildman–Crippen MR) is 128 cm³/mol. The lowest BCUT2D eigenvalue weighted by Crippen LogP contribution is -2.39. The first-order valence-corrected chi connectivity index (χ1v) is 10.3. The molecule has 0 unspecified atom stereocenters. The van der Waals surface area contributed by atoms with E-state index in [1.807, 2.05) is 25.7 Å². The molecule has 0 bridgehead atoms. The maximum atomic E-state index is 4.49. The normalized spacial score (nSPS) is 11.2. The van der Waals surface area contributed by atoms with Crippen LogP contribution in [0.15, 0.2) is 35.3 Å². The van der Waals surface area contributed by atoms with Crippen molar-refractivity contribution in [3.05, 3.63) is 52.8 Å². The number of hydrogen-bond acceptors (Lipinski definition) is 3. The van der Waals surface area contributed by atoms with Crippen molar-refractivity contribution in [2.45, 2.75) is 39.5 Å². The zero-order valence-corrected chi connectivity index (χ0v) is 19.9. The van der Waals surface area contributed by atoms with Gasteiger partial charge in [0, 0.05) is 43.9 Å². The topological polar surface area (TPSA) is 54.2 Å². The zero-order chi connectivity index (χ0) is 18.8. The van der Waals surface area contributed by atoms with Crippen LogP contribution in [0.5, 0.6) is 0 Å². The van der Waals surface area contributed by atoms with E-state index in [4.69, 9.17) is 0 Å². The molecule has 0 atom stereocenters. The third-order valence-corrected chi connectivity index (χ3v) is 5.12. The molecule has 2 aromatic rings. The summed E-state index contributed by atoms with van der Waals surface area (Å²) in [5, 5.41) is 11.2. The Bertz CT molecular complexity index is 697. The minimum Gasteiger partial charge on any atom is -0.356 e. The van der Waals surface area contributed by atoms with E-state index >= 15 is 0 Å². The number of guanidine groups is 1. The van der Waals surface area contributed by atoms with Crippen molar-refractivity contribution in [2.24, 2.45) is 4.99 Å². The number of thioether (sulfide) groups is 1. The molecule has 0 fully saturated rings. The molecule has 0 aliphatic carbocycles. The first kappa shape index (κ1) is 23.8. The molecule has 0 amide bonds. The Morgan fingerprint density at radius 1 is 1.11 bits per heavy atom. The van der Waals surface area contributed by atoms with Crippen LogP contribution in [0, 0.1) is 20.8 Å². The van der Waals surface area contributed by atoms with Gasteiger partial charge in [0.1, 0.15) is 0 Å². The third-order valence-electron chi connectivity index (χ3n) is 4.09. The van der Waals surface area contributed by atoms with Gasteiger partial charge < -0.3 is 10.6 Å². The van der Waals surface area contributed by atoms with Gasteiger partial charge in [0.2, 0.25) is 0 Å². The Morgan fingerprint density at radius 2 is 1.81 bits per heavy atom. The monoisotopic (exact) mass is 501 g/mol. The van der Waals surface area contributed by atoms with E-state index in [-0.39, 0.29) is 24.0 Å². The molecular formula is C20H32IN5S. The van der Waals surface area contributed by atoms with Crippen LogP contribution in [0.2, 0.25) is 0 Å². The average Bonchev–Trinajstić information content (AvgIpc) is 2.95. The second-order valence-electron chi connectivity index (χ2n) is 6.47. The van der Waals surface area contributed by atoms with E-state index in [0.717, 1.165) is 49.2 Å². The van der Waals surface area contributed by atoms with Crippen molar-refractivity contribution >= 4 is 41.7 Å². The van der Waals surface area contributed by atoms with Crippen LogP contribution < -0.4 is 10.6 Å². The zero-order valence-electron chi connectivity index (χ0n) is 16.8. The van der Waals surface area contributed by atoms with E-state index in [9.17, 15) is 0 Å². The van der Waals surface area contributed by atoms with Gasteiger partial charge >= 0.3 is 0 Å². The lowest BCUT2D eigenvalue weighted by atomic mass is 10.2. The van der Waals surface area contributed by atoms with Gasteiger partial charge in [-0.15, -0.1) is 24.0 Å². The molecule has 2 N–H and O–H groups in total. The highest BCUT2D eigenvalue weighted by atomic mass is 127. The van der Waals surface area contributed by atoms with Gasteiger partial charge in [0.05, 0.1) is 5.69 Å². The minimum absolute atomic E-state index is 0. The number of aryl methyl sites for hydroxylation is 4. The van der Waals surface area contributed by atoms with Crippen LogP contribution >= 0.6 is 35.7 Å². The Kier molecular flexibility index (Phi) is 11.5. The Labute approximate surface area is 184 Å². The van der Waals surface area contributed by atoms with Crippen molar-refractivity contribution in [1.82, 2.24) is 20.4 Å². The summed E-state index contributed by atoms with van der Waals surface area (Å²) in [5.41, 5.74) is 4.99. The number of rotatable bonds is 9. The lowest BCUT2D eigenvalue weighted by Gasteiger charge is -2.12. The molecule has 5 nitrogen and oxygen atoms in total. The molecule has 1 heterocycles. The van der Waals surface area contributed by atoms with Crippen molar-refractivity contribution < 1.29 is 0 Å². The van der Waals surface area contributed by atoms with Gasteiger partial charge in [0.25, 0.3) is 0 Å². The SMILES string of the molecule is CN=C(NCCCn1nc(C)cc1C)NCCSCc1ccc(C)cc1.I. The van der Waals surface area contributed by atoms with Gasteiger partial charge in [-0.2, -0.15) is 16.9 Å². The number of nitrogens with one attached hydrogen (secondary N) is 2. The molecule has 1 aromatic carbocycles. The molecule has 0 aliphatic rings. The van der Waals surface area contributed by atoms with E-state index in [0.29, 0.717) is 0 Å². The first-order chi connectivity index (χ1) is 12.6. The highest BCUT2D eigenvalue weighted by molar-refractivity contribution is 14.0. The summed E-state index contributed by atoms with van der Waals surface area (Å²) in [4.78, 5) is 4.28. The van der Waals surface area contributed by atoms with E-state index in [2.05, 4.69) is 69.6 Å². The molecular weight excluding hydrogens is 469 g/mol. The Balaban J connectivity index is 0.00000364. The second-order valence-corrected chi connectivity index (χ2v) is 7.57. The number of hydrogen-bond donors (Lipinski definition) is 2. The van der Waals surface area contributed by atoms with Crippen molar-refractivity contribution in [2.75, 3.05) is 25.9 Å². The fourth-order valence-electron chi connectivity index (χ4n) is 2.67. The summed E-state index contributed by atoms with van der Waals surface area (Å²) >= 11 is 1.94. The van der Waals surface area contributed by atoms with Crippen LogP contribution in [0.1, 0.15) is 28.9 Å².